The van der Waals surface area contributed by atoms with Crippen LogP contribution < -0.4 is 0 Å². The third kappa shape index (κ3) is 3.44. The Morgan fingerprint density at radius 2 is 1.62 bits per heavy atom. The average Bonchev–Trinajstić information content (AvgIpc) is 3.04. The van der Waals surface area contributed by atoms with Crippen LogP contribution in [0.4, 0.5) is 0 Å². The summed E-state index contributed by atoms with van der Waals surface area (Å²) in [7, 11) is 0. The number of aryl methyl sites for hydroxylation is 1. The summed E-state index contributed by atoms with van der Waals surface area (Å²) < 4.78 is 0. The third-order valence-electron chi connectivity index (χ3n) is 3.29. The maximum absolute atomic E-state index is 12.2. The second-order valence-corrected chi connectivity index (χ2v) is 5.84. The predicted molar refractivity (Wildman–Crippen MR) is 86.6 cm³/mol. The van der Waals surface area contributed by atoms with Crippen molar-refractivity contribution in [2.24, 2.45) is 0 Å². The summed E-state index contributed by atoms with van der Waals surface area (Å²) >= 11 is 1.47. The normalized spacial score (nSPS) is 10.5. The van der Waals surface area contributed by atoms with Gasteiger partial charge in [0.1, 0.15) is 0 Å². The van der Waals surface area contributed by atoms with Crippen molar-refractivity contribution in [2.45, 2.75) is 12.8 Å². The molecule has 0 bridgehead atoms. The van der Waals surface area contributed by atoms with E-state index in [2.05, 4.69) is 4.98 Å². The Morgan fingerprint density at radius 3 is 2.33 bits per heavy atom. The number of rotatable bonds is 5. The molecule has 2 nitrogen and oxygen atoms in total. The molecule has 3 rings (SSSR count). The molecule has 3 heteroatoms. The number of nitrogens with zero attached hydrogens (tertiary/aromatic N) is 1. The van der Waals surface area contributed by atoms with Gasteiger partial charge in [0.05, 0.1) is 4.88 Å². The van der Waals surface area contributed by atoms with Crippen LogP contribution in [0, 0.1) is 0 Å². The molecule has 0 saturated heterocycles. The molecule has 3 aromatic rings. The van der Waals surface area contributed by atoms with E-state index in [1.165, 1.54) is 16.9 Å². The minimum Gasteiger partial charge on any atom is -0.292 e. The van der Waals surface area contributed by atoms with E-state index in [9.17, 15) is 4.79 Å². The maximum Gasteiger partial charge on any atom is 0.191 e. The second-order valence-electron chi connectivity index (χ2n) is 4.80. The van der Waals surface area contributed by atoms with Crippen LogP contribution in [0.5, 0.6) is 0 Å². The molecule has 0 fully saturated rings. The van der Waals surface area contributed by atoms with Crippen molar-refractivity contribution in [3.63, 3.8) is 0 Å². The molecule has 21 heavy (non-hydrogen) atoms. The molecular weight excluding hydrogens is 278 g/mol. The van der Waals surface area contributed by atoms with Gasteiger partial charge in [-0.1, -0.05) is 60.7 Å². The zero-order chi connectivity index (χ0) is 14.5. The van der Waals surface area contributed by atoms with Crippen LogP contribution in [0.2, 0.25) is 0 Å². The lowest BCUT2D eigenvalue weighted by molar-refractivity contribution is 0.0982. The molecule has 0 aliphatic rings. The number of ketones is 1. The van der Waals surface area contributed by atoms with Gasteiger partial charge < -0.3 is 0 Å². The van der Waals surface area contributed by atoms with Crippen molar-refractivity contribution >= 4 is 17.1 Å². The molecule has 0 spiro atoms. The van der Waals surface area contributed by atoms with Gasteiger partial charge in [-0.25, -0.2) is 4.98 Å². The fourth-order valence-corrected chi connectivity index (χ4v) is 3.04. The van der Waals surface area contributed by atoms with Gasteiger partial charge in [0, 0.05) is 12.6 Å². The second kappa shape index (κ2) is 6.46. The Hall–Kier alpha value is -2.26. The Morgan fingerprint density at radius 1 is 0.952 bits per heavy atom. The van der Waals surface area contributed by atoms with Crippen LogP contribution in [-0.2, 0) is 6.42 Å². The molecule has 0 aliphatic heterocycles. The first kappa shape index (κ1) is 13.7. The maximum atomic E-state index is 12.2. The number of carbonyl (C=O) groups is 1. The highest BCUT2D eigenvalue weighted by atomic mass is 32.1. The van der Waals surface area contributed by atoms with Crippen LogP contribution in [0.1, 0.15) is 21.8 Å². The third-order valence-corrected chi connectivity index (χ3v) is 4.37. The van der Waals surface area contributed by atoms with Gasteiger partial charge in [0.15, 0.2) is 10.8 Å². The minimum atomic E-state index is 0.117. The topological polar surface area (TPSA) is 30.0 Å². The largest absolute Gasteiger partial charge is 0.292 e. The summed E-state index contributed by atoms with van der Waals surface area (Å²) in [6.45, 7) is 0. The van der Waals surface area contributed by atoms with Crippen LogP contribution >= 0.6 is 11.3 Å². The summed E-state index contributed by atoms with van der Waals surface area (Å²) in [6.07, 6.45) is 3.06. The molecule has 1 heterocycles. The molecule has 2 aromatic carbocycles. The number of thiazole rings is 1. The number of aromatic nitrogens is 1. The van der Waals surface area contributed by atoms with Crippen molar-refractivity contribution in [3.8, 4) is 10.4 Å². The smallest absolute Gasteiger partial charge is 0.191 e. The van der Waals surface area contributed by atoms with Crippen LogP contribution in [0.15, 0.2) is 66.9 Å². The molecule has 0 N–H and O–H groups in total. The highest BCUT2D eigenvalue weighted by Crippen LogP contribution is 2.26. The van der Waals surface area contributed by atoms with E-state index in [1.807, 2.05) is 60.7 Å². The number of carbonyl (C=O) groups excluding carboxylic acids is 1. The van der Waals surface area contributed by atoms with E-state index in [1.54, 1.807) is 6.20 Å². The van der Waals surface area contributed by atoms with Gasteiger partial charge in [0.25, 0.3) is 0 Å². The Balaban J connectivity index is 1.67. The van der Waals surface area contributed by atoms with E-state index in [4.69, 9.17) is 0 Å². The molecular formula is C18H15NOS. The van der Waals surface area contributed by atoms with E-state index in [-0.39, 0.29) is 5.78 Å². The molecule has 0 atom stereocenters. The molecule has 0 saturated carbocycles. The zero-order valence-corrected chi connectivity index (χ0v) is 12.3. The summed E-state index contributed by atoms with van der Waals surface area (Å²) in [5.41, 5.74) is 2.29. The Bertz CT molecular complexity index is 719. The predicted octanol–water partition coefficient (Wildman–Crippen LogP) is 4.63. The summed E-state index contributed by atoms with van der Waals surface area (Å²) in [4.78, 5) is 17.5. The van der Waals surface area contributed by atoms with Crippen molar-refractivity contribution in [3.05, 3.63) is 77.4 Å². The zero-order valence-electron chi connectivity index (χ0n) is 11.5. The SMILES string of the molecule is O=C(CCc1ccccc1)c1ncc(-c2ccccc2)s1. The monoisotopic (exact) mass is 293 g/mol. The van der Waals surface area contributed by atoms with Crippen molar-refractivity contribution in [1.82, 2.24) is 4.98 Å². The van der Waals surface area contributed by atoms with Crippen molar-refractivity contribution in [2.75, 3.05) is 0 Å². The number of Topliss-reactive ketones (excluding diaryl/α,β-unsaturated/α-hetero) is 1. The molecule has 0 amide bonds. The molecule has 1 aromatic heterocycles. The van der Waals surface area contributed by atoms with Crippen LogP contribution in [-0.4, -0.2) is 10.8 Å². The highest BCUT2D eigenvalue weighted by molar-refractivity contribution is 7.17. The van der Waals surface area contributed by atoms with Gasteiger partial charge in [-0.05, 0) is 17.5 Å². The van der Waals surface area contributed by atoms with Gasteiger partial charge >= 0.3 is 0 Å². The average molecular weight is 293 g/mol. The van der Waals surface area contributed by atoms with E-state index >= 15 is 0 Å². The summed E-state index contributed by atoms with van der Waals surface area (Å²) in [5.74, 6) is 0.117. The number of benzene rings is 2. The number of hydrogen-bond donors (Lipinski definition) is 0. The van der Waals surface area contributed by atoms with E-state index in [0.29, 0.717) is 11.4 Å². The lowest BCUT2D eigenvalue weighted by Crippen LogP contribution is -2.00. The van der Waals surface area contributed by atoms with Crippen molar-refractivity contribution < 1.29 is 4.79 Å². The van der Waals surface area contributed by atoms with Crippen LogP contribution in [0.3, 0.4) is 0 Å². The fraction of sp³-hybridized carbons (Fsp3) is 0.111. The summed E-state index contributed by atoms with van der Waals surface area (Å²) in [5, 5.41) is 0.602. The van der Waals surface area contributed by atoms with E-state index < -0.39 is 0 Å². The summed E-state index contributed by atoms with van der Waals surface area (Å²) in [6, 6.07) is 20.1. The lowest BCUT2D eigenvalue weighted by atomic mass is 10.1. The molecule has 0 radical (unpaired) electrons. The Labute approximate surface area is 128 Å². The Kier molecular flexibility index (Phi) is 4.22. The minimum absolute atomic E-state index is 0.117. The van der Waals surface area contributed by atoms with E-state index in [0.717, 1.165) is 16.9 Å². The number of hydrogen-bond acceptors (Lipinski definition) is 3. The van der Waals surface area contributed by atoms with Gasteiger partial charge in [-0.2, -0.15) is 0 Å². The fourth-order valence-electron chi connectivity index (χ4n) is 2.15. The first-order valence-corrected chi connectivity index (χ1v) is 7.73. The van der Waals surface area contributed by atoms with Gasteiger partial charge in [0.2, 0.25) is 0 Å². The standard InChI is InChI=1S/C18H15NOS/c20-16(12-11-14-7-3-1-4-8-14)18-19-13-17(21-18)15-9-5-2-6-10-15/h1-10,13H,11-12H2. The first-order chi connectivity index (χ1) is 10.3. The van der Waals surface area contributed by atoms with Gasteiger partial charge in [-0.3, -0.25) is 4.79 Å². The lowest BCUT2D eigenvalue weighted by Gasteiger charge is -1.98. The molecule has 104 valence electrons. The first-order valence-electron chi connectivity index (χ1n) is 6.91. The molecule has 0 aliphatic carbocycles. The quantitative estimate of drug-likeness (QED) is 0.642. The molecule has 0 unspecified atom stereocenters. The van der Waals surface area contributed by atoms with Gasteiger partial charge in [-0.15, -0.1) is 11.3 Å². The van der Waals surface area contributed by atoms with Crippen molar-refractivity contribution in [1.29, 1.82) is 0 Å². The van der Waals surface area contributed by atoms with Crippen LogP contribution in [0.25, 0.3) is 10.4 Å². The highest BCUT2D eigenvalue weighted by Gasteiger charge is 2.12.